The quantitative estimate of drug-likeness (QED) is 0.135. The molecule has 1 amide bonds. The molecule has 4 aromatic rings. The van der Waals surface area contributed by atoms with Gasteiger partial charge in [0.1, 0.15) is 5.00 Å². The van der Waals surface area contributed by atoms with Gasteiger partial charge in [-0.1, -0.05) is 55.1 Å². The first-order chi connectivity index (χ1) is 17.9. The van der Waals surface area contributed by atoms with Gasteiger partial charge in [-0.15, -0.1) is 39.4 Å². The van der Waals surface area contributed by atoms with Gasteiger partial charge in [0, 0.05) is 32.8 Å². The first kappa shape index (κ1) is 26.8. The minimum Gasteiger partial charge on any atom is -0.465 e. The predicted molar refractivity (Wildman–Crippen MR) is 153 cm³/mol. The second-order valence-electron chi connectivity index (χ2n) is 8.17. The Morgan fingerprint density at radius 1 is 1.19 bits per heavy atom. The molecule has 0 aliphatic rings. The molecule has 0 aliphatic carbocycles. The smallest absolute Gasteiger partial charge is 0.341 e. The Morgan fingerprint density at radius 2 is 1.95 bits per heavy atom. The number of carbonyl (C=O) groups excluding carboxylic acids is 2. The molecule has 0 radical (unpaired) electrons. The molecule has 1 aromatic carbocycles. The molecule has 0 bridgehead atoms. The maximum atomic E-state index is 12.9. The lowest BCUT2D eigenvalue weighted by molar-refractivity contribution is -0.113. The fraction of sp³-hybridized carbons (Fsp3) is 0.259. The molecule has 0 aliphatic heterocycles. The number of nitrogens with zero attached hydrogens (tertiary/aromatic N) is 3. The number of anilines is 1. The number of amides is 1. The van der Waals surface area contributed by atoms with E-state index in [0.717, 1.165) is 33.0 Å². The van der Waals surface area contributed by atoms with Gasteiger partial charge in [0.25, 0.3) is 0 Å². The van der Waals surface area contributed by atoms with Crippen LogP contribution in [0.15, 0.2) is 53.5 Å². The van der Waals surface area contributed by atoms with E-state index in [1.165, 1.54) is 35.1 Å². The van der Waals surface area contributed by atoms with Crippen molar-refractivity contribution in [2.45, 2.75) is 38.9 Å². The number of hydrogen-bond donors (Lipinski definition) is 1. The molecule has 0 spiro atoms. The zero-order chi connectivity index (χ0) is 26.5. The number of esters is 1. The van der Waals surface area contributed by atoms with Crippen molar-refractivity contribution < 1.29 is 14.3 Å². The molecule has 10 heteroatoms. The van der Waals surface area contributed by atoms with Crippen LogP contribution >= 0.6 is 34.4 Å². The first-order valence-electron chi connectivity index (χ1n) is 11.7. The third-order valence-corrected chi connectivity index (χ3v) is 8.79. The fourth-order valence-corrected chi connectivity index (χ4v) is 6.94. The van der Waals surface area contributed by atoms with Crippen molar-refractivity contribution in [3.05, 3.63) is 69.2 Å². The minimum atomic E-state index is -0.445. The highest BCUT2D eigenvalue weighted by atomic mass is 32.2. The number of aryl methyl sites for hydroxylation is 2. The zero-order valence-corrected chi connectivity index (χ0v) is 23.6. The number of allylic oxidation sites excluding steroid dienone is 1. The molecule has 3 heterocycles. The van der Waals surface area contributed by atoms with Crippen molar-refractivity contribution in [3.8, 4) is 22.5 Å². The van der Waals surface area contributed by atoms with Gasteiger partial charge in [-0.3, -0.25) is 9.36 Å². The standard InChI is InChI=1S/C27H28N4O3S3/c1-6-13-31-24(20-14-35-17(4)22(20)18-11-9-8-10-12-18)29-30-27(31)36-15-21(32)28-25-23(26(33)34-5)19(7-2)16(3)37-25/h6,8-12,14H,1,7,13,15H2,2-5H3,(H,28,32). The van der Waals surface area contributed by atoms with Crippen LogP contribution in [0.2, 0.25) is 0 Å². The van der Waals surface area contributed by atoms with E-state index in [1.54, 1.807) is 17.4 Å². The summed E-state index contributed by atoms with van der Waals surface area (Å²) in [7, 11) is 1.35. The van der Waals surface area contributed by atoms with Crippen molar-refractivity contribution in [2.24, 2.45) is 0 Å². The van der Waals surface area contributed by atoms with Crippen LogP contribution in [-0.4, -0.2) is 39.5 Å². The monoisotopic (exact) mass is 552 g/mol. The average Bonchev–Trinajstić information content (AvgIpc) is 3.57. The van der Waals surface area contributed by atoms with Crippen molar-refractivity contribution in [1.29, 1.82) is 0 Å². The van der Waals surface area contributed by atoms with Gasteiger partial charge in [0.05, 0.1) is 18.4 Å². The lowest BCUT2D eigenvalue weighted by Crippen LogP contribution is -2.16. The molecular weight excluding hydrogens is 525 g/mol. The van der Waals surface area contributed by atoms with E-state index in [0.29, 0.717) is 28.7 Å². The third-order valence-electron chi connectivity index (χ3n) is 5.84. The number of ether oxygens (including phenoxy) is 1. The molecule has 0 unspecified atom stereocenters. The topological polar surface area (TPSA) is 86.1 Å². The summed E-state index contributed by atoms with van der Waals surface area (Å²) in [6.07, 6.45) is 2.47. The first-order valence-corrected chi connectivity index (χ1v) is 14.4. The number of rotatable bonds is 10. The van der Waals surface area contributed by atoms with Crippen LogP contribution in [0, 0.1) is 13.8 Å². The van der Waals surface area contributed by atoms with Gasteiger partial charge in [-0.25, -0.2) is 4.79 Å². The zero-order valence-electron chi connectivity index (χ0n) is 21.2. The second-order valence-corrected chi connectivity index (χ2v) is 11.4. The van der Waals surface area contributed by atoms with Gasteiger partial charge < -0.3 is 10.1 Å². The van der Waals surface area contributed by atoms with Crippen LogP contribution in [0.5, 0.6) is 0 Å². The molecule has 0 saturated heterocycles. The third kappa shape index (κ3) is 5.56. The lowest BCUT2D eigenvalue weighted by Gasteiger charge is -2.10. The number of methoxy groups -OCH3 is 1. The highest BCUT2D eigenvalue weighted by Gasteiger charge is 2.24. The van der Waals surface area contributed by atoms with Gasteiger partial charge in [0.15, 0.2) is 11.0 Å². The molecule has 3 aromatic heterocycles. The number of thiophene rings is 2. The molecule has 0 atom stereocenters. The highest BCUT2D eigenvalue weighted by Crippen LogP contribution is 2.39. The predicted octanol–water partition coefficient (Wildman–Crippen LogP) is 6.62. The molecule has 37 heavy (non-hydrogen) atoms. The van der Waals surface area contributed by atoms with Crippen LogP contribution in [0.1, 0.15) is 32.6 Å². The van der Waals surface area contributed by atoms with Crippen LogP contribution in [0.4, 0.5) is 5.00 Å². The number of hydrogen-bond acceptors (Lipinski definition) is 8. The molecule has 0 fully saturated rings. The fourth-order valence-electron chi connectivity index (χ4n) is 4.17. The van der Waals surface area contributed by atoms with E-state index < -0.39 is 5.97 Å². The SMILES string of the molecule is C=CCn1c(SCC(=O)Nc2sc(C)c(CC)c2C(=O)OC)nnc1-c1csc(C)c1-c1ccccc1. The molecule has 1 N–H and O–H groups in total. The van der Waals surface area contributed by atoms with E-state index in [9.17, 15) is 9.59 Å². The number of carbonyl (C=O) groups is 2. The second kappa shape index (κ2) is 11.9. The van der Waals surface area contributed by atoms with Crippen molar-refractivity contribution in [1.82, 2.24) is 14.8 Å². The summed E-state index contributed by atoms with van der Waals surface area (Å²) in [6, 6.07) is 10.2. The number of thioether (sulfide) groups is 1. The summed E-state index contributed by atoms with van der Waals surface area (Å²) in [5, 5.41) is 15.0. The minimum absolute atomic E-state index is 0.114. The van der Waals surface area contributed by atoms with Gasteiger partial charge in [0.2, 0.25) is 5.91 Å². The Labute approximate surface area is 228 Å². The molecular formula is C27H28N4O3S3. The van der Waals surface area contributed by atoms with Crippen molar-refractivity contribution in [2.75, 3.05) is 18.2 Å². The maximum absolute atomic E-state index is 12.9. The largest absolute Gasteiger partial charge is 0.465 e. The van der Waals surface area contributed by atoms with Crippen LogP contribution in [0.3, 0.4) is 0 Å². The Bertz CT molecular complexity index is 1440. The van der Waals surface area contributed by atoms with Crippen molar-refractivity contribution >= 4 is 51.3 Å². The molecule has 7 nitrogen and oxygen atoms in total. The van der Waals surface area contributed by atoms with Crippen LogP contribution < -0.4 is 5.32 Å². The van der Waals surface area contributed by atoms with E-state index in [1.807, 2.05) is 36.6 Å². The average molecular weight is 553 g/mol. The van der Waals surface area contributed by atoms with Crippen LogP contribution in [-0.2, 0) is 22.5 Å². The van der Waals surface area contributed by atoms with Gasteiger partial charge in [-0.2, -0.15) is 0 Å². The van der Waals surface area contributed by atoms with Gasteiger partial charge >= 0.3 is 5.97 Å². The summed E-state index contributed by atoms with van der Waals surface area (Å²) in [4.78, 5) is 27.4. The Kier molecular flexibility index (Phi) is 8.63. The van der Waals surface area contributed by atoms with Gasteiger partial charge in [-0.05, 0) is 31.4 Å². The van der Waals surface area contributed by atoms with Crippen LogP contribution in [0.25, 0.3) is 22.5 Å². The Balaban J connectivity index is 1.57. The summed E-state index contributed by atoms with van der Waals surface area (Å²) >= 11 is 4.36. The summed E-state index contributed by atoms with van der Waals surface area (Å²) < 4.78 is 6.93. The molecule has 192 valence electrons. The molecule has 4 rings (SSSR count). The normalized spacial score (nSPS) is 10.9. The van der Waals surface area contributed by atoms with E-state index in [4.69, 9.17) is 4.74 Å². The van der Waals surface area contributed by atoms with E-state index in [2.05, 4.69) is 46.5 Å². The van der Waals surface area contributed by atoms with E-state index >= 15 is 0 Å². The highest BCUT2D eigenvalue weighted by molar-refractivity contribution is 7.99. The number of benzene rings is 1. The maximum Gasteiger partial charge on any atom is 0.341 e. The van der Waals surface area contributed by atoms with E-state index in [-0.39, 0.29) is 11.7 Å². The lowest BCUT2D eigenvalue weighted by atomic mass is 10.0. The molecule has 0 saturated carbocycles. The number of nitrogens with one attached hydrogen (secondary N) is 1. The van der Waals surface area contributed by atoms with Crippen molar-refractivity contribution in [3.63, 3.8) is 0 Å². The summed E-state index contributed by atoms with van der Waals surface area (Å²) in [6.45, 7) is 10.4. The Hall–Kier alpha value is -3.21. The summed E-state index contributed by atoms with van der Waals surface area (Å²) in [5.74, 6) is 0.174. The number of aromatic nitrogens is 3. The summed E-state index contributed by atoms with van der Waals surface area (Å²) in [5.41, 5.74) is 4.59. The Morgan fingerprint density at radius 3 is 2.62 bits per heavy atom.